The van der Waals surface area contributed by atoms with Gasteiger partial charge in [0.25, 0.3) is 0 Å². The molecular formula is C14H10O6S2. The third-order valence-corrected chi connectivity index (χ3v) is 3.64. The van der Waals surface area contributed by atoms with Crippen molar-refractivity contribution in [1.82, 2.24) is 0 Å². The van der Waals surface area contributed by atoms with E-state index in [2.05, 4.69) is 0 Å². The third kappa shape index (κ3) is 4.09. The van der Waals surface area contributed by atoms with Crippen LogP contribution < -0.4 is 8.37 Å². The predicted molar refractivity (Wildman–Crippen MR) is 83.2 cm³/mol. The Labute approximate surface area is 133 Å². The molecule has 0 amide bonds. The molecular weight excluding hydrogens is 328 g/mol. The fourth-order valence-corrected chi connectivity index (χ4v) is 2.63. The number of carbonyl (C=O) groups is 2. The van der Waals surface area contributed by atoms with E-state index in [0.717, 1.165) is 22.1 Å². The summed E-state index contributed by atoms with van der Waals surface area (Å²) in [5.74, 6) is -1.83. The first-order valence-corrected chi connectivity index (χ1v) is 7.92. The van der Waals surface area contributed by atoms with Gasteiger partial charge in [-0.25, -0.2) is 9.59 Å². The molecule has 0 unspecified atom stereocenters. The molecule has 2 rings (SSSR count). The van der Waals surface area contributed by atoms with Crippen molar-refractivity contribution in [2.45, 2.75) is 0 Å². The van der Waals surface area contributed by atoms with Crippen LogP contribution in [0, 0.1) is 0 Å². The molecule has 0 aromatic heterocycles. The normalized spacial score (nSPS) is 10.0. The number of benzene rings is 2. The Hall–Kier alpha value is -2.32. The molecule has 2 aromatic rings. The van der Waals surface area contributed by atoms with Crippen LogP contribution in [-0.4, -0.2) is 22.2 Å². The molecule has 0 saturated carbocycles. The van der Waals surface area contributed by atoms with Crippen LogP contribution in [0.4, 0.5) is 0 Å². The molecule has 0 saturated heterocycles. The Kier molecular flexibility index (Phi) is 5.56. The number of carboxylic acid groups (broad SMARTS) is 2. The lowest BCUT2D eigenvalue weighted by molar-refractivity contribution is 0.0684. The van der Waals surface area contributed by atoms with Gasteiger partial charge in [-0.3, -0.25) is 0 Å². The fourth-order valence-electron chi connectivity index (χ4n) is 1.53. The van der Waals surface area contributed by atoms with E-state index in [0.29, 0.717) is 0 Å². The van der Waals surface area contributed by atoms with Gasteiger partial charge in [0.1, 0.15) is 11.1 Å². The Morgan fingerprint density at radius 1 is 0.727 bits per heavy atom. The van der Waals surface area contributed by atoms with Gasteiger partial charge in [-0.05, 0) is 24.3 Å². The second-order valence-electron chi connectivity index (χ2n) is 3.91. The summed E-state index contributed by atoms with van der Waals surface area (Å²) in [4.78, 5) is 22.0. The molecule has 0 fully saturated rings. The summed E-state index contributed by atoms with van der Waals surface area (Å²) in [6.07, 6.45) is 0. The van der Waals surface area contributed by atoms with Crippen LogP contribution in [-0.2, 0) is 0 Å². The molecule has 0 radical (unpaired) electrons. The minimum Gasteiger partial charge on any atom is -0.478 e. The first kappa shape index (κ1) is 16.1. The van der Waals surface area contributed by atoms with Gasteiger partial charge in [-0.2, -0.15) is 0 Å². The molecule has 0 spiro atoms. The summed E-state index contributed by atoms with van der Waals surface area (Å²) in [5.41, 5.74) is 0.0584. The quantitative estimate of drug-likeness (QED) is 0.448. The maximum absolute atomic E-state index is 11.0. The van der Waals surface area contributed by atoms with E-state index < -0.39 is 11.9 Å². The highest BCUT2D eigenvalue weighted by Gasteiger charge is 2.13. The topological polar surface area (TPSA) is 93.1 Å². The van der Waals surface area contributed by atoms with Crippen LogP contribution in [0.25, 0.3) is 0 Å². The van der Waals surface area contributed by atoms with Crippen LogP contribution in [0.2, 0.25) is 0 Å². The van der Waals surface area contributed by atoms with Gasteiger partial charge < -0.3 is 18.6 Å². The van der Waals surface area contributed by atoms with E-state index in [4.69, 9.17) is 18.6 Å². The minimum absolute atomic E-state index is 0.0292. The lowest BCUT2D eigenvalue weighted by Gasteiger charge is -2.07. The van der Waals surface area contributed by atoms with Gasteiger partial charge in [0.05, 0.1) is 0 Å². The van der Waals surface area contributed by atoms with Crippen LogP contribution >= 0.6 is 22.1 Å². The lowest BCUT2D eigenvalue weighted by Crippen LogP contribution is -1.99. The van der Waals surface area contributed by atoms with Crippen molar-refractivity contribution in [2.75, 3.05) is 0 Å². The fraction of sp³-hybridized carbons (Fsp3) is 0. The summed E-state index contributed by atoms with van der Waals surface area (Å²) in [5, 5.41) is 18.0. The zero-order chi connectivity index (χ0) is 15.9. The number of hydrogen-bond donors (Lipinski definition) is 2. The van der Waals surface area contributed by atoms with E-state index in [1.165, 1.54) is 24.3 Å². The lowest BCUT2D eigenvalue weighted by atomic mass is 10.2. The van der Waals surface area contributed by atoms with Crippen LogP contribution in [0.1, 0.15) is 20.7 Å². The van der Waals surface area contributed by atoms with Gasteiger partial charge >= 0.3 is 11.9 Å². The van der Waals surface area contributed by atoms with Gasteiger partial charge in [0, 0.05) is 0 Å². The zero-order valence-electron chi connectivity index (χ0n) is 11.0. The molecule has 0 aliphatic rings. The molecule has 6 nitrogen and oxygen atoms in total. The Morgan fingerprint density at radius 3 is 1.45 bits per heavy atom. The highest BCUT2D eigenvalue weighted by atomic mass is 33.1. The highest BCUT2D eigenvalue weighted by Crippen LogP contribution is 2.32. The van der Waals surface area contributed by atoms with Crippen molar-refractivity contribution in [3.05, 3.63) is 59.7 Å². The van der Waals surface area contributed by atoms with Crippen LogP contribution in [0.15, 0.2) is 48.5 Å². The smallest absolute Gasteiger partial charge is 0.339 e. The van der Waals surface area contributed by atoms with E-state index in [1.807, 2.05) is 0 Å². The van der Waals surface area contributed by atoms with Crippen molar-refractivity contribution < 1.29 is 28.2 Å². The maximum atomic E-state index is 11.0. The van der Waals surface area contributed by atoms with Crippen molar-refractivity contribution in [3.63, 3.8) is 0 Å². The predicted octanol–water partition coefficient (Wildman–Crippen LogP) is 3.75. The first-order chi connectivity index (χ1) is 10.6. The summed E-state index contributed by atoms with van der Waals surface area (Å²) >= 11 is 1.58. The highest BCUT2D eigenvalue weighted by molar-refractivity contribution is 8.73. The van der Waals surface area contributed by atoms with Gasteiger partial charge in [-0.1, -0.05) is 24.3 Å². The second kappa shape index (κ2) is 7.62. The molecule has 0 heterocycles. The number of rotatable bonds is 7. The van der Waals surface area contributed by atoms with Crippen molar-refractivity contribution in [2.24, 2.45) is 0 Å². The monoisotopic (exact) mass is 338 g/mol. The Morgan fingerprint density at radius 2 is 1.09 bits per heavy atom. The maximum Gasteiger partial charge on any atom is 0.339 e. The average molecular weight is 338 g/mol. The molecule has 2 aromatic carbocycles. The van der Waals surface area contributed by atoms with Gasteiger partial charge in [0.2, 0.25) is 0 Å². The van der Waals surface area contributed by atoms with Crippen molar-refractivity contribution in [3.8, 4) is 11.5 Å². The van der Waals surface area contributed by atoms with Crippen molar-refractivity contribution in [1.29, 1.82) is 0 Å². The zero-order valence-corrected chi connectivity index (χ0v) is 12.6. The van der Waals surface area contributed by atoms with E-state index in [-0.39, 0.29) is 22.6 Å². The molecule has 22 heavy (non-hydrogen) atoms. The molecule has 0 aliphatic carbocycles. The Bertz CT molecular complexity index is 629. The summed E-state index contributed by atoms with van der Waals surface area (Å²) in [7, 11) is 0. The van der Waals surface area contributed by atoms with Crippen LogP contribution in [0.5, 0.6) is 11.5 Å². The summed E-state index contributed by atoms with van der Waals surface area (Å²) in [6.45, 7) is 0. The van der Waals surface area contributed by atoms with E-state index >= 15 is 0 Å². The van der Waals surface area contributed by atoms with Crippen molar-refractivity contribution >= 4 is 34.1 Å². The van der Waals surface area contributed by atoms with Gasteiger partial charge in [0.15, 0.2) is 33.6 Å². The standard InChI is InChI=1S/C14H10O6S2/c15-13(16)9-5-1-3-7-11(9)19-21-22-20-12-8-4-2-6-10(12)14(17)18/h1-8H,(H,15,16)(H,17,18). The largest absolute Gasteiger partial charge is 0.478 e. The molecule has 8 heteroatoms. The molecule has 2 N–H and O–H groups in total. The van der Waals surface area contributed by atoms with Gasteiger partial charge in [-0.15, -0.1) is 0 Å². The van der Waals surface area contributed by atoms with Crippen LogP contribution in [0.3, 0.4) is 0 Å². The molecule has 0 atom stereocenters. The molecule has 0 bridgehead atoms. The summed E-state index contributed by atoms with van der Waals surface area (Å²) in [6, 6.07) is 12.3. The second-order valence-corrected chi connectivity index (χ2v) is 5.33. The molecule has 0 aliphatic heterocycles. The Balaban J connectivity index is 1.93. The number of carboxylic acids is 2. The number of aromatic carboxylic acids is 2. The first-order valence-electron chi connectivity index (χ1n) is 5.92. The van der Waals surface area contributed by atoms with E-state index in [1.54, 1.807) is 24.3 Å². The number of hydrogen-bond acceptors (Lipinski definition) is 6. The minimum atomic E-state index is -1.10. The number of para-hydroxylation sites is 2. The molecule has 114 valence electrons. The SMILES string of the molecule is O=C(O)c1ccccc1OSSOc1ccccc1C(=O)O. The van der Waals surface area contributed by atoms with E-state index in [9.17, 15) is 9.59 Å². The average Bonchev–Trinajstić information content (AvgIpc) is 2.52. The summed E-state index contributed by atoms with van der Waals surface area (Å²) < 4.78 is 10.5. The third-order valence-electron chi connectivity index (χ3n) is 2.51.